The van der Waals surface area contributed by atoms with Crippen molar-refractivity contribution in [2.24, 2.45) is 0 Å². The molecule has 0 nitrogen and oxygen atoms in total. The third kappa shape index (κ3) is 3.51. The van der Waals surface area contributed by atoms with Crippen LogP contribution in [0.15, 0.2) is 72.8 Å². The summed E-state index contributed by atoms with van der Waals surface area (Å²) >= 11 is 3.62. The number of rotatable bonds is 2. The van der Waals surface area contributed by atoms with Crippen molar-refractivity contribution in [3.05, 3.63) is 93.7 Å². The summed E-state index contributed by atoms with van der Waals surface area (Å²) in [5.41, 5.74) is 4.76. The van der Waals surface area contributed by atoms with E-state index in [0.29, 0.717) is 0 Å². The van der Waals surface area contributed by atoms with Crippen LogP contribution in [0, 0.1) is 25.7 Å². The molecule has 2 heterocycles. The zero-order valence-corrected chi connectivity index (χ0v) is 16.4. The highest BCUT2D eigenvalue weighted by Crippen LogP contribution is 2.32. The molecule has 2 aromatic carbocycles. The molecular formula is C24H18S2. The van der Waals surface area contributed by atoms with Gasteiger partial charge in [0, 0.05) is 30.6 Å². The molecule has 4 rings (SSSR count). The summed E-state index contributed by atoms with van der Waals surface area (Å²) in [5, 5.41) is 0. The number of aryl methyl sites for hydroxylation is 2. The first-order valence-corrected chi connectivity index (χ1v) is 10.2. The Morgan fingerprint density at radius 1 is 0.577 bits per heavy atom. The SMILES string of the molecule is Cc1sc(-c2ccccc2)cc1C#Cc1cc(-c2ccccc2)sc1C. The molecule has 0 unspecified atom stereocenters. The molecule has 0 atom stereocenters. The summed E-state index contributed by atoms with van der Waals surface area (Å²) in [6, 6.07) is 25.4. The number of hydrogen-bond acceptors (Lipinski definition) is 2. The predicted molar refractivity (Wildman–Crippen MR) is 115 cm³/mol. The van der Waals surface area contributed by atoms with Gasteiger partial charge in [-0.05, 0) is 37.1 Å². The second-order valence-corrected chi connectivity index (χ2v) is 8.66. The van der Waals surface area contributed by atoms with Gasteiger partial charge in [-0.25, -0.2) is 0 Å². The monoisotopic (exact) mass is 370 g/mol. The normalized spacial score (nSPS) is 10.4. The summed E-state index contributed by atoms with van der Waals surface area (Å²) in [7, 11) is 0. The molecule has 0 N–H and O–H groups in total. The molecule has 0 fully saturated rings. The molecule has 0 radical (unpaired) electrons. The van der Waals surface area contributed by atoms with Gasteiger partial charge in [-0.3, -0.25) is 0 Å². The Hall–Kier alpha value is -2.60. The van der Waals surface area contributed by atoms with Crippen molar-refractivity contribution < 1.29 is 0 Å². The molecule has 2 heteroatoms. The average Bonchev–Trinajstić information content (AvgIpc) is 3.24. The second kappa shape index (κ2) is 7.33. The molecule has 4 aromatic rings. The van der Waals surface area contributed by atoms with E-state index in [9.17, 15) is 0 Å². The van der Waals surface area contributed by atoms with Crippen molar-refractivity contribution in [2.45, 2.75) is 13.8 Å². The fourth-order valence-corrected chi connectivity index (χ4v) is 4.80. The Bertz CT molecular complexity index is 1000. The fourth-order valence-electron chi connectivity index (χ4n) is 2.84. The predicted octanol–water partition coefficient (Wildman–Crippen LogP) is 7.16. The molecule has 26 heavy (non-hydrogen) atoms. The van der Waals surface area contributed by atoms with Crippen molar-refractivity contribution in [1.82, 2.24) is 0 Å². The Morgan fingerprint density at radius 3 is 1.35 bits per heavy atom. The minimum Gasteiger partial charge on any atom is -0.139 e. The summed E-state index contributed by atoms with van der Waals surface area (Å²) in [6.45, 7) is 4.30. The van der Waals surface area contributed by atoms with E-state index in [1.165, 1.54) is 30.6 Å². The van der Waals surface area contributed by atoms with Crippen LogP contribution in [-0.2, 0) is 0 Å². The Kier molecular flexibility index (Phi) is 4.75. The molecule has 0 saturated heterocycles. The third-order valence-electron chi connectivity index (χ3n) is 4.28. The van der Waals surface area contributed by atoms with Crippen molar-refractivity contribution in [3.8, 4) is 32.7 Å². The Balaban J connectivity index is 1.65. The third-order valence-corrected chi connectivity index (χ3v) is 6.48. The van der Waals surface area contributed by atoms with E-state index in [1.807, 2.05) is 34.8 Å². The standard InChI is InChI=1S/C24H18S2/c1-17-21(15-23(25-17)19-9-5-3-6-10-19)13-14-22-16-24(26-18(22)2)20-11-7-4-8-12-20/h3-12,15-16H,1-2H3. The smallest absolute Gasteiger partial charge is 0.0391 e. The minimum atomic E-state index is 1.13. The molecule has 0 aliphatic rings. The Morgan fingerprint density at radius 2 is 0.962 bits per heavy atom. The van der Waals surface area contributed by atoms with E-state index in [0.717, 1.165) is 11.1 Å². The van der Waals surface area contributed by atoms with Crippen LogP contribution in [0.25, 0.3) is 20.9 Å². The van der Waals surface area contributed by atoms with Crippen LogP contribution in [-0.4, -0.2) is 0 Å². The molecule has 0 spiro atoms. The molecule has 0 amide bonds. The molecule has 0 saturated carbocycles. The van der Waals surface area contributed by atoms with Crippen LogP contribution in [0.2, 0.25) is 0 Å². The highest BCUT2D eigenvalue weighted by molar-refractivity contribution is 7.16. The summed E-state index contributed by atoms with van der Waals surface area (Å²) in [5.74, 6) is 6.78. The zero-order valence-electron chi connectivity index (χ0n) is 14.7. The lowest BCUT2D eigenvalue weighted by Gasteiger charge is -1.93. The van der Waals surface area contributed by atoms with Gasteiger partial charge in [0.1, 0.15) is 0 Å². The lowest BCUT2D eigenvalue weighted by atomic mass is 10.1. The minimum absolute atomic E-state index is 1.13. The van der Waals surface area contributed by atoms with E-state index in [2.05, 4.69) is 86.4 Å². The molecule has 0 aliphatic heterocycles. The van der Waals surface area contributed by atoms with Gasteiger partial charge in [0.25, 0.3) is 0 Å². The van der Waals surface area contributed by atoms with Crippen LogP contribution in [0.1, 0.15) is 20.9 Å². The highest BCUT2D eigenvalue weighted by atomic mass is 32.1. The first kappa shape index (κ1) is 16.8. The molecule has 0 bridgehead atoms. The molecular weight excluding hydrogens is 352 g/mol. The maximum Gasteiger partial charge on any atom is 0.0391 e. The lowest BCUT2D eigenvalue weighted by Crippen LogP contribution is -1.75. The maximum atomic E-state index is 3.39. The molecule has 126 valence electrons. The maximum absolute atomic E-state index is 3.39. The number of thiophene rings is 2. The first-order valence-electron chi connectivity index (χ1n) is 8.54. The average molecular weight is 371 g/mol. The Labute approximate surface area is 162 Å². The van der Waals surface area contributed by atoms with Crippen molar-refractivity contribution >= 4 is 22.7 Å². The van der Waals surface area contributed by atoms with E-state index in [-0.39, 0.29) is 0 Å². The van der Waals surface area contributed by atoms with Crippen molar-refractivity contribution in [2.75, 3.05) is 0 Å². The van der Waals surface area contributed by atoms with Crippen LogP contribution in [0.5, 0.6) is 0 Å². The van der Waals surface area contributed by atoms with Gasteiger partial charge in [-0.2, -0.15) is 0 Å². The van der Waals surface area contributed by atoms with E-state index in [4.69, 9.17) is 0 Å². The van der Waals surface area contributed by atoms with Crippen molar-refractivity contribution in [1.29, 1.82) is 0 Å². The molecule has 0 aliphatic carbocycles. The largest absolute Gasteiger partial charge is 0.139 e. The van der Waals surface area contributed by atoms with Gasteiger partial charge in [0.2, 0.25) is 0 Å². The number of hydrogen-bond donors (Lipinski definition) is 0. The highest BCUT2D eigenvalue weighted by Gasteiger charge is 2.07. The number of benzene rings is 2. The second-order valence-electron chi connectivity index (χ2n) is 6.14. The van der Waals surface area contributed by atoms with Gasteiger partial charge >= 0.3 is 0 Å². The summed E-state index contributed by atoms with van der Waals surface area (Å²) in [4.78, 5) is 5.10. The van der Waals surface area contributed by atoms with Crippen LogP contribution >= 0.6 is 22.7 Å². The van der Waals surface area contributed by atoms with E-state index < -0.39 is 0 Å². The van der Waals surface area contributed by atoms with Gasteiger partial charge in [-0.15, -0.1) is 22.7 Å². The van der Waals surface area contributed by atoms with Gasteiger partial charge < -0.3 is 0 Å². The fraction of sp³-hybridized carbons (Fsp3) is 0.0833. The summed E-state index contributed by atoms with van der Waals surface area (Å²) in [6.07, 6.45) is 0. The zero-order chi connectivity index (χ0) is 17.9. The van der Waals surface area contributed by atoms with Gasteiger partial charge in [0.05, 0.1) is 0 Å². The van der Waals surface area contributed by atoms with Crippen LogP contribution in [0.3, 0.4) is 0 Å². The van der Waals surface area contributed by atoms with Crippen LogP contribution < -0.4 is 0 Å². The summed E-state index contributed by atoms with van der Waals surface area (Å²) < 4.78 is 0. The van der Waals surface area contributed by atoms with Crippen molar-refractivity contribution in [3.63, 3.8) is 0 Å². The van der Waals surface area contributed by atoms with E-state index >= 15 is 0 Å². The van der Waals surface area contributed by atoms with Gasteiger partial charge in [0.15, 0.2) is 0 Å². The van der Waals surface area contributed by atoms with Crippen LogP contribution in [0.4, 0.5) is 0 Å². The van der Waals surface area contributed by atoms with E-state index in [1.54, 1.807) is 0 Å². The first-order chi connectivity index (χ1) is 12.7. The lowest BCUT2D eigenvalue weighted by molar-refractivity contribution is 1.56. The topological polar surface area (TPSA) is 0 Å². The quantitative estimate of drug-likeness (QED) is 0.328. The molecule has 2 aromatic heterocycles. The van der Waals surface area contributed by atoms with Gasteiger partial charge in [-0.1, -0.05) is 72.5 Å².